The van der Waals surface area contributed by atoms with E-state index in [0.29, 0.717) is 35.5 Å². The van der Waals surface area contributed by atoms with Gasteiger partial charge in [-0.3, -0.25) is 5.10 Å². The van der Waals surface area contributed by atoms with E-state index in [2.05, 4.69) is 31.7 Å². The van der Waals surface area contributed by atoms with E-state index in [1.807, 2.05) is 32.9 Å². The Morgan fingerprint density at radius 1 is 1.33 bits per heavy atom. The fourth-order valence-corrected chi connectivity index (χ4v) is 4.77. The van der Waals surface area contributed by atoms with E-state index >= 15 is 0 Å². The van der Waals surface area contributed by atoms with Gasteiger partial charge in [0.1, 0.15) is 11.3 Å². The summed E-state index contributed by atoms with van der Waals surface area (Å²) in [5, 5.41) is 6.96. The van der Waals surface area contributed by atoms with Crippen LogP contribution in [-0.4, -0.2) is 50.2 Å². The molecule has 3 aromatic heterocycles. The Bertz CT molecular complexity index is 1180. The van der Waals surface area contributed by atoms with Crippen molar-refractivity contribution in [2.24, 2.45) is 0 Å². The first-order chi connectivity index (χ1) is 14.3. The van der Waals surface area contributed by atoms with Gasteiger partial charge in [0, 0.05) is 18.3 Å². The second-order valence-corrected chi connectivity index (χ2v) is 9.02. The number of hydrogen-bond acceptors (Lipinski definition) is 6. The molecule has 0 fully saturated rings. The van der Waals surface area contributed by atoms with E-state index < -0.39 is 10.0 Å². The molecule has 0 aliphatic carbocycles. The molecule has 10 heteroatoms. The maximum atomic E-state index is 12.5. The molecule has 0 spiro atoms. The summed E-state index contributed by atoms with van der Waals surface area (Å²) in [6.07, 6.45) is 5.88. The molecule has 0 amide bonds. The van der Waals surface area contributed by atoms with Gasteiger partial charge in [-0.05, 0) is 31.1 Å². The summed E-state index contributed by atoms with van der Waals surface area (Å²) in [4.78, 5) is 12.2. The van der Waals surface area contributed by atoms with Gasteiger partial charge in [-0.15, -0.1) is 0 Å². The molecular formula is C20H27N7O2S. The smallest absolute Gasteiger partial charge is 0.214 e. The van der Waals surface area contributed by atoms with Gasteiger partial charge in [-0.2, -0.15) is 9.40 Å². The molecule has 4 N–H and O–H groups in total. The van der Waals surface area contributed by atoms with E-state index in [-0.39, 0.29) is 18.1 Å². The highest BCUT2D eigenvalue weighted by atomic mass is 32.2. The third-order valence-electron chi connectivity index (χ3n) is 4.78. The van der Waals surface area contributed by atoms with Crippen molar-refractivity contribution in [1.29, 1.82) is 0 Å². The molecule has 0 radical (unpaired) electrons. The van der Waals surface area contributed by atoms with Crippen LogP contribution in [-0.2, 0) is 16.6 Å². The number of sulfonamides is 1. The van der Waals surface area contributed by atoms with Gasteiger partial charge in [0.05, 0.1) is 29.2 Å². The summed E-state index contributed by atoms with van der Waals surface area (Å²) in [6.45, 7) is 9.99. The summed E-state index contributed by atoms with van der Waals surface area (Å²) in [6, 6.07) is 1.87. The van der Waals surface area contributed by atoms with Crippen LogP contribution in [0.15, 0.2) is 18.8 Å². The fraction of sp³-hybridized carbons (Fsp3) is 0.350. The van der Waals surface area contributed by atoms with Crippen LogP contribution in [0.25, 0.3) is 28.8 Å². The molecular weight excluding hydrogens is 402 g/mol. The Morgan fingerprint density at radius 2 is 2.10 bits per heavy atom. The molecule has 0 aliphatic rings. The number of nitrogens with zero attached hydrogens (tertiary/aromatic N) is 4. The van der Waals surface area contributed by atoms with E-state index in [9.17, 15) is 8.42 Å². The number of rotatable bonds is 9. The molecule has 3 rings (SSSR count). The number of aromatic amines is 2. The number of nitrogens with two attached hydrogens (primary N) is 1. The zero-order valence-electron chi connectivity index (χ0n) is 17.4. The third kappa shape index (κ3) is 4.29. The van der Waals surface area contributed by atoms with Crippen LogP contribution in [0, 0.1) is 0 Å². The Labute approximate surface area is 176 Å². The van der Waals surface area contributed by atoms with Crippen molar-refractivity contribution in [3.8, 4) is 0 Å². The average molecular weight is 430 g/mol. The average Bonchev–Trinajstić information content (AvgIpc) is 3.36. The van der Waals surface area contributed by atoms with E-state index in [0.717, 1.165) is 16.8 Å². The Balaban J connectivity index is 2.05. The number of imidazole rings is 1. The SMILES string of the molecule is C=Cc1c(/C=C(\C)c2cc[nH]n2)nc(N)c2nc(CN(CC)S(=O)(=O)CCC)[nH]c12. The van der Waals surface area contributed by atoms with Crippen LogP contribution in [0.4, 0.5) is 5.82 Å². The number of hydrogen-bond donors (Lipinski definition) is 3. The number of fused-ring (bicyclic) bond motifs is 1. The number of nitrogen functional groups attached to an aromatic ring is 1. The number of aromatic nitrogens is 5. The molecule has 3 aromatic rings. The quantitative estimate of drug-likeness (QED) is 0.479. The number of nitrogens with one attached hydrogen (secondary N) is 2. The first-order valence-corrected chi connectivity index (χ1v) is 11.4. The van der Waals surface area contributed by atoms with Crippen LogP contribution in [0.5, 0.6) is 0 Å². The fourth-order valence-electron chi connectivity index (χ4n) is 3.28. The van der Waals surface area contributed by atoms with Crippen molar-refractivity contribution < 1.29 is 8.42 Å². The van der Waals surface area contributed by atoms with Crippen molar-refractivity contribution >= 4 is 44.6 Å². The summed E-state index contributed by atoms with van der Waals surface area (Å²) < 4.78 is 26.4. The van der Waals surface area contributed by atoms with Gasteiger partial charge in [0.15, 0.2) is 5.82 Å². The molecule has 0 saturated carbocycles. The predicted molar refractivity (Wildman–Crippen MR) is 121 cm³/mol. The highest BCUT2D eigenvalue weighted by molar-refractivity contribution is 7.89. The number of anilines is 1. The van der Waals surface area contributed by atoms with Gasteiger partial charge in [-0.1, -0.05) is 26.5 Å². The van der Waals surface area contributed by atoms with Gasteiger partial charge in [0.2, 0.25) is 10.0 Å². The molecule has 0 bridgehead atoms. The van der Waals surface area contributed by atoms with Crippen molar-refractivity contribution in [3.63, 3.8) is 0 Å². The Kier molecular flexibility index (Phi) is 6.37. The number of pyridine rings is 1. The van der Waals surface area contributed by atoms with Gasteiger partial charge >= 0.3 is 0 Å². The summed E-state index contributed by atoms with van der Waals surface area (Å²) in [5.41, 5.74) is 10.4. The van der Waals surface area contributed by atoms with Crippen LogP contribution in [0.1, 0.15) is 50.0 Å². The zero-order chi connectivity index (χ0) is 21.9. The topological polar surface area (TPSA) is 134 Å². The zero-order valence-corrected chi connectivity index (χ0v) is 18.3. The molecule has 9 nitrogen and oxygen atoms in total. The van der Waals surface area contributed by atoms with Crippen LogP contribution in [0.3, 0.4) is 0 Å². The molecule has 160 valence electrons. The molecule has 3 heterocycles. The highest BCUT2D eigenvalue weighted by Gasteiger charge is 2.22. The van der Waals surface area contributed by atoms with E-state index in [4.69, 9.17) is 5.73 Å². The third-order valence-corrected chi connectivity index (χ3v) is 6.88. The standard InChI is InChI=1S/C20H27N7O2S/c1-5-10-30(28,29)27(7-3)12-17-24-18-14(6-2)16(23-20(21)19(18)25-17)11-13(4)15-8-9-22-26-15/h6,8-9,11H,2,5,7,10,12H2,1,3-4H3,(H2,21,23)(H,22,26)(H,24,25)/b13-11+. The lowest BCUT2D eigenvalue weighted by Gasteiger charge is -2.18. The molecule has 0 aromatic carbocycles. The largest absolute Gasteiger partial charge is 0.382 e. The number of H-pyrrole nitrogens is 2. The lowest BCUT2D eigenvalue weighted by atomic mass is 10.1. The Morgan fingerprint density at radius 3 is 2.70 bits per heavy atom. The second-order valence-electron chi connectivity index (χ2n) is 6.94. The summed E-state index contributed by atoms with van der Waals surface area (Å²) >= 11 is 0. The monoisotopic (exact) mass is 429 g/mol. The summed E-state index contributed by atoms with van der Waals surface area (Å²) in [5.74, 6) is 0.872. The second kappa shape index (κ2) is 8.80. The lowest BCUT2D eigenvalue weighted by molar-refractivity contribution is 0.415. The molecule has 30 heavy (non-hydrogen) atoms. The van der Waals surface area contributed by atoms with Crippen LogP contribution >= 0.6 is 0 Å². The van der Waals surface area contributed by atoms with E-state index in [1.165, 1.54) is 4.31 Å². The molecule has 0 saturated heterocycles. The van der Waals surface area contributed by atoms with Crippen molar-refractivity contribution in [2.75, 3.05) is 18.0 Å². The van der Waals surface area contributed by atoms with Gasteiger partial charge in [0.25, 0.3) is 0 Å². The van der Waals surface area contributed by atoms with E-state index in [1.54, 1.807) is 12.3 Å². The number of allylic oxidation sites excluding steroid dienone is 1. The minimum Gasteiger partial charge on any atom is -0.382 e. The normalized spacial score (nSPS) is 12.7. The highest BCUT2D eigenvalue weighted by Crippen LogP contribution is 2.28. The first kappa shape index (κ1) is 21.7. The lowest BCUT2D eigenvalue weighted by Crippen LogP contribution is -2.32. The minimum atomic E-state index is -3.35. The minimum absolute atomic E-state index is 0.101. The molecule has 0 atom stereocenters. The van der Waals surface area contributed by atoms with Crippen LogP contribution in [0.2, 0.25) is 0 Å². The van der Waals surface area contributed by atoms with Crippen molar-refractivity contribution in [3.05, 3.63) is 41.6 Å². The maximum absolute atomic E-state index is 12.5. The summed E-state index contributed by atoms with van der Waals surface area (Å²) in [7, 11) is -3.35. The molecule has 0 aliphatic heterocycles. The van der Waals surface area contributed by atoms with Crippen molar-refractivity contribution in [1.82, 2.24) is 29.5 Å². The predicted octanol–water partition coefficient (Wildman–Crippen LogP) is 3.03. The maximum Gasteiger partial charge on any atom is 0.214 e. The van der Waals surface area contributed by atoms with Crippen molar-refractivity contribution in [2.45, 2.75) is 33.7 Å². The molecule has 0 unspecified atom stereocenters. The van der Waals surface area contributed by atoms with Crippen LogP contribution < -0.4 is 5.73 Å². The van der Waals surface area contributed by atoms with Gasteiger partial charge < -0.3 is 10.7 Å². The Hall–Kier alpha value is -2.98. The first-order valence-electron chi connectivity index (χ1n) is 9.77. The van der Waals surface area contributed by atoms with Gasteiger partial charge in [-0.25, -0.2) is 18.4 Å².